The lowest BCUT2D eigenvalue weighted by Gasteiger charge is -2.08. The van der Waals surface area contributed by atoms with Gasteiger partial charge in [-0.15, -0.1) is 11.8 Å². The van der Waals surface area contributed by atoms with E-state index in [0.717, 1.165) is 17.0 Å². The zero-order chi connectivity index (χ0) is 15.9. The van der Waals surface area contributed by atoms with Crippen molar-refractivity contribution in [3.05, 3.63) is 54.1 Å². The molecule has 0 unspecified atom stereocenters. The molecule has 3 nitrogen and oxygen atoms in total. The standard InChI is InChI=1S/C18H21NO2S/c1-13(2)22-17-9-7-14(8-10-17)11-18(20)19-15-5-4-6-16(12-15)21-3/h4-10,12-13H,11H2,1-3H3,(H,19,20). The topological polar surface area (TPSA) is 38.3 Å². The summed E-state index contributed by atoms with van der Waals surface area (Å²) >= 11 is 1.82. The number of carbonyl (C=O) groups is 1. The smallest absolute Gasteiger partial charge is 0.228 e. The van der Waals surface area contributed by atoms with Crippen LogP contribution in [-0.4, -0.2) is 18.3 Å². The molecule has 2 aromatic rings. The van der Waals surface area contributed by atoms with Gasteiger partial charge in [-0.1, -0.05) is 32.0 Å². The predicted octanol–water partition coefficient (Wildman–Crippen LogP) is 4.38. The Bertz CT molecular complexity index is 623. The van der Waals surface area contributed by atoms with E-state index in [1.54, 1.807) is 13.2 Å². The van der Waals surface area contributed by atoms with Gasteiger partial charge in [-0.05, 0) is 29.8 Å². The second-order valence-corrected chi connectivity index (χ2v) is 6.92. The Labute approximate surface area is 136 Å². The highest BCUT2D eigenvalue weighted by Crippen LogP contribution is 2.23. The molecule has 0 saturated carbocycles. The van der Waals surface area contributed by atoms with Crippen molar-refractivity contribution in [1.29, 1.82) is 0 Å². The summed E-state index contributed by atoms with van der Waals surface area (Å²) in [5.41, 5.74) is 1.75. The van der Waals surface area contributed by atoms with E-state index in [2.05, 4.69) is 31.3 Å². The fourth-order valence-corrected chi connectivity index (χ4v) is 2.89. The molecule has 22 heavy (non-hydrogen) atoms. The molecule has 0 heterocycles. The number of rotatable bonds is 6. The third-order valence-electron chi connectivity index (χ3n) is 3.01. The van der Waals surface area contributed by atoms with Crippen LogP contribution in [0.5, 0.6) is 5.75 Å². The molecule has 0 atom stereocenters. The summed E-state index contributed by atoms with van der Waals surface area (Å²) in [5.74, 6) is 0.699. The maximum absolute atomic E-state index is 12.1. The zero-order valence-electron chi connectivity index (χ0n) is 13.1. The number of hydrogen-bond donors (Lipinski definition) is 1. The van der Waals surface area contributed by atoms with Crippen LogP contribution in [0, 0.1) is 0 Å². The summed E-state index contributed by atoms with van der Waals surface area (Å²) in [6.45, 7) is 4.33. The first kappa shape index (κ1) is 16.4. The third-order valence-corrected chi connectivity index (χ3v) is 4.03. The number of methoxy groups -OCH3 is 1. The first-order valence-corrected chi connectivity index (χ1v) is 8.14. The molecular weight excluding hydrogens is 294 g/mol. The summed E-state index contributed by atoms with van der Waals surface area (Å²) in [6, 6.07) is 15.5. The summed E-state index contributed by atoms with van der Waals surface area (Å²) in [7, 11) is 1.61. The SMILES string of the molecule is COc1cccc(NC(=O)Cc2ccc(SC(C)C)cc2)c1. The predicted molar refractivity (Wildman–Crippen MR) is 92.8 cm³/mol. The Balaban J connectivity index is 1.93. The number of anilines is 1. The molecule has 0 bridgehead atoms. The molecule has 4 heteroatoms. The maximum atomic E-state index is 12.1. The van der Waals surface area contributed by atoms with Gasteiger partial charge in [0.15, 0.2) is 0 Å². The molecule has 1 N–H and O–H groups in total. The van der Waals surface area contributed by atoms with Crippen LogP contribution >= 0.6 is 11.8 Å². The summed E-state index contributed by atoms with van der Waals surface area (Å²) in [4.78, 5) is 13.3. The zero-order valence-corrected chi connectivity index (χ0v) is 13.9. The van der Waals surface area contributed by atoms with Gasteiger partial charge in [0.1, 0.15) is 5.75 Å². The second-order valence-electron chi connectivity index (χ2n) is 5.27. The van der Waals surface area contributed by atoms with Gasteiger partial charge in [0, 0.05) is 21.9 Å². The van der Waals surface area contributed by atoms with Gasteiger partial charge in [0.25, 0.3) is 0 Å². The van der Waals surface area contributed by atoms with Gasteiger partial charge < -0.3 is 10.1 Å². The van der Waals surface area contributed by atoms with Crippen molar-refractivity contribution in [2.75, 3.05) is 12.4 Å². The summed E-state index contributed by atoms with van der Waals surface area (Å²) in [6.07, 6.45) is 0.365. The van der Waals surface area contributed by atoms with Gasteiger partial charge in [-0.3, -0.25) is 4.79 Å². The summed E-state index contributed by atoms with van der Waals surface area (Å²) in [5, 5.41) is 3.45. The van der Waals surface area contributed by atoms with E-state index in [4.69, 9.17) is 4.74 Å². The molecule has 2 aromatic carbocycles. The molecule has 2 rings (SSSR count). The van der Waals surface area contributed by atoms with Gasteiger partial charge >= 0.3 is 0 Å². The normalized spacial score (nSPS) is 10.5. The Morgan fingerprint density at radius 3 is 2.55 bits per heavy atom. The number of nitrogens with one attached hydrogen (secondary N) is 1. The molecule has 116 valence electrons. The number of amides is 1. The van der Waals surface area contributed by atoms with E-state index in [1.165, 1.54) is 4.90 Å². The Morgan fingerprint density at radius 1 is 1.18 bits per heavy atom. The minimum absolute atomic E-state index is 0.0301. The Hall–Kier alpha value is -1.94. The molecule has 0 spiro atoms. The molecule has 0 aliphatic carbocycles. The number of ether oxygens (including phenoxy) is 1. The fourth-order valence-electron chi connectivity index (χ4n) is 2.05. The van der Waals surface area contributed by atoms with Crippen LogP contribution in [0.3, 0.4) is 0 Å². The highest BCUT2D eigenvalue weighted by atomic mass is 32.2. The number of hydrogen-bond acceptors (Lipinski definition) is 3. The average molecular weight is 315 g/mol. The maximum Gasteiger partial charge on any atom is 0.228 e. The van der Waals surface area contributed by atoms with Crippen LogP contribution in [0.2, 0.25) is 0 Å². The van der Waals surface area contributed by atoms with Crippen molar-refractivity contribution in [3.63, 3.8) is 0 Å². The minimum Gasteiger partial charge on any atom is -0.497 e. The fraction of sp³-hybridized carbons (Fsp3) is 0.278. The third kappa shape index (κ3) is 5.11. The average Bonchev–Trinajstić information content (AvgIpc) is 2.49. The van der Waals surface area contributed by atoms with Crippen molar-refractivity contribution in [3.8, 4) is 5.75 Å². The molecule has 0 saturated heterocycles. The van der Waals surface area contributed by atoms with Crippen LogP contribution < -0.4 is 10.1 Å². The van der Waals surface area contributed by atoms with Crippen LogP contribution in [0.25, 0.3) is 0 Å². The van der Waals surface area contributed by atoms with E-state index < -0.39 is 0 Å². The molecular formula is C18H21NO2S. The molecule has 0 aliphatic heterocycles. The lowest BCUT2D eigenvalue weighted by molar-refractivity contribution is -0.115. The Kier molecular flexibility index (Phi) is 5.90. The number of benzene rings is 2. The van der Waals surface area contributed by atoms with E-state index >= 15 is 0 Å². The number of thioether (sulfide) groups is 1. The number of carbonyl (C=O) groups excluding carboxylic acids is 1. The van der Waals surface area contributed by atoms with Crippen molar-refractivity contribution in [1.82, 2.24) is 0 Å². The van der Waals surface area contributed by atoms with Gasteiger partial charge in [-0.2, -0.15) is 0 Å². The second kappa shape index (κ2) is 7.90. The van der Waals surface area contributed by atoms with E-state index in [0.29, 0.717) is 11.7 Å². The quantitative estimate of drug-likeness (QED) is 0.804. The highest BCUT2D eigenvalue weighted by Gasteiger charge is 2.06. The van der Waals surface area contributed by atoms with Gasteiger partial charge in [0.05, 0.1) is 13.5 Å². The van der Waals surface area contributed by atoms with Crippen molar-refractivity contribution < 1.29 is 9.53 Å². The van der Waals surface area contributed by atoms with Crippen molar-refractivity contribution in [2.45, 2.75) is 30.4 Å². The summed E-state index contributed by atoms with van der Waals surface area (Å²) < 4.78 is 5.15. The monoisotopic (exact) mass is 315 g/mol. The molecule has 0 aliphatic rings. The molecule has 0 radical (unpaired) electrons. The van der Waals surface area contributed by atoms with Crippen molar-refractivity contribution in [2.24, 2.45) is 0 Å². The Morgan fingerprint density at radius 2 is 1.91 bits per heavy atom. The minimum atomic E-state index is -0.0301. The van der Waals surface area contributed by atoms with Crippen LogP contribution in [0.4, 0.5) is 5.69 Å². The van der Waals surface area contributed by atoms with E-state index in [-0.39, 0.29) is 5.91 Å². The van der Waals surface area contributed by atoms with Crippen LogP contribution in [0.15, 0.2) is 53.4 Å². The van der Waals surface area contributed by atoms with E-state index in [1.807, 2.05) is 42.1 Å². The van der Waals surface area contributed by atoms with Crippen LogP contribution in [-0.2, 0) is 11.2 Å². The first-order valence-electron chi connectivity index (χ1n) is 7.26. The molecule has 0 fully saturated rings. The van der Waals surface area contributed by atoms with E-state index in [9.17, 15) is 4.79 Å². The lowest BCUT2D eigenvalue weighted by Crippen LogP contribution is -2.14. The molecule has 1 amide bonds. The highest BCUT2D eigenvalue weighted by molar-refractivity contribution is 7.99. The van der Waals surface area contributed by atoms with Crippen molar-refractivity contribution >= 4 is 23.4 Å². The van der Waals surface area contributed by atoms with Crippen LogP contribution in [0.1, 0.15) is 19.4 Å². The lowest BCUT2D eigenvalue weighted by atomic mass is 10.1. The van der Waals surface area contributed by atoms with Gasteiger partial charge in [0.2, 0.25) is 5.91 Å². The van der Waals surface area contributed by atoms with Gasteiger partial charge in [-0.25, -0.2) is 0 Å². The first-order chi connectivity index (χ1) is 10.6. The largest absolute Gasteiger partial charge is 0.497 e. The molecule has 0 aromatic heterocycles.